The molecule has 0 aliphatic carbocycles. The second-order valence-corrected chi connectivity index (χ2v) is 5.18. The molecule has 90 valence electrons. The summed E-state index contributed by atoms with van der Waals surface area (Å²) in [5.74, 6) is 0. The SMILES string of the molecule is Cc1cn2cc(-c3cccc([N+](=O)[O-])c3)nc2s1. The van der Waals surface area contributed by atoms with Crippen molar-refractivity contribution in [3.8, 4) is 11.3 Å². The monoisotopic (exact) mass is 259 g/mol. The molecule has 5 nitrogen and oxygen atoms in total. The fourth-order valence-electron chi connectivity index (χ4n) is 1.83. The van der Waals surface area contributed by atoms with Gasteiger partial charge in [-0.2, -0.15) is 0 Å². The summed E-state index contributed by atoms with van der Waals surface area (Å²) < 4.78 is 1.94. The molecule has 0 bridgehead atoms. The average Bonchev–Trinajstić information content (AvgIpc) is 2.86. The number of fused-ring (bicyclic) bond motifs is 1. The number of aryl methyl sites for hydroxylation is 1. The average molecular weight is 259 g/mol. The maximum atomic E-state index is 10.7. The van der Waals surface area contributed by atoms with Gasteiger partial charge in [-0.25, -0.2) is 4.98 Å². The van der Waals surface area contributed by atoms with Gasteiger partial charge in [0, 0.05) is 35.0 Å². The molecular weight excluding hydrogens is 250 g/mol. The van der Waals surface area contributed by atoms with Crippen molar-refractivity contribution in [3.63, 3.8) is 0 Å². The summed E-state index contributed by atoms with van der Waals surface area (Å²) in [5.41, 5.74) is 1.60. The van der Waals surface area contributed by atoms with E-state index in [0.717, 1.165) is 16.2 Å². The van der Waals surface area contributed by atoms with Crippen LogP contribution in [-0.2, 0) is 0 Å². The van der Waals surface area contributed by atoms with E-state index in [1.54, 1.807) is 23.5 Å². The highest BCUT2D eigenvalue weighted by Gasteiger charge is 2.10. The summed E-state index contributed by atoms with van der Waals surface area (Å²) in [6.45, 7) is 2.02. The fraction of sp³-hybridized carbons (Fsp3) is 0.0833. The van der Waals surface area contributed by atoms with Gasteiger partial charge in [0.1, 0.15) is 0 Å². The van der Waals surface area contributed by atoms with Crippen LogP contribution >= 0.6 is 11.3 Å². The summed E-state index contributed by atoms with van der Waals surface area (Å²) >= 11 is 1.60. The zero-order chi connectivity index (χ0) is 12.7. The van der Waals surface area contributed by atoms with Crippen LogP contribution in [-0.4, -0.2) is 14.3 Å². The lowest BCUT2D eigenvalue weighted by Crippen LogP contribution is -1.88. The third kappa shape index (κ3) is 1.76. The number of hydrogen-bond acceptors (Lipinski definition) is 4. The van der Waals surface area contributed by atoms with Gasteiger partial charge < -0.3 is 0 Å². The van der Waals surface area contributed by atoms with Gasteiger partial charge in [-0.15, -0.1) is 11.3 Å². The quantitative estimate of drug-likeness (QED) is 0.524. The van der Waals surface area contributed by atoms with E-state index in [0.29, 0.717) is 0 Å². The predicted molar refractivity (Wildman–Crippen MR) is 69.9 cm³/mol. The van der Waals surface area contributed by atoms with E-state index in [2.05, 4.69) is 4.98 Å². The van der Waals surface area contributed by atoms with E-state index < -0.39 is 4.92 Å². The fourth-order valence-corrected chi connectivity index (χ4v) is 2.64. The summed E-state index contributed by atoms with van der Waals surface area (Å²) in [7, 11) is 0. The molecule has 0 aliphatic rings. The zero-order valence-electron chi connectivity index (χ0n) is 9.53. The van der Waals surface area contributed by atoms with Gasteiger partial charge in [-0.1, -0.05) is 12.1 Å². The van der Waals surface area contributed by atoms with E-state index in [1.165, 1.54) is 10.9 Å². The van der Waals surface area contributed by atoms with Crippen molar-refractivity contribution in [1.82, 2.24) is 9.38 Å². The first-order valence-electron chi connectivity index (χ1n) is 5.33. The minimum atomic E-state index is -0.397. The molecule has 0 unspecified atom stereocenters. The Kier molecular flexibility index (Phi) is 2.38. The molecule has 0 fully saturated rings. The molecule has 2 heterocycles. The first kappa shape index (κ1) is 10.9. The van der Waals surface area contributed by atoms with Gasteiger partial charge in [0.05, 0.1) is 10.6 Å². The number of nitro groups is 1. The highest BCUT2D eigenvalue weighted by Crippen LogP contribution is 2.25. The minimum absolute atomic E-state index is 0.0834. The zero-order valence-corrected chi connectivity index (χ0v) is 10.3. The van der Waals surface area contributed by atoms with Crippen LogP contribution in [0.15, 0.2) is 36.7 Å². The highest BCUT2D eigenvalue weighted by molar-refractivity contribution is 7.17. The van der Waals surface area contributed by atoms with E-state index in [1.807, 2.05) is 29.8 Å². The standard InChI is InChI=1S/C12H9N3O2S/c1-8-6-14-7-11(13-12(14)18-8)9-3-2-4-10(5-9)15(16)17/h2-7H,1H3. The minimum Gasteiger partial charge on any atom is -0.297 e. The molecule has 3 aromatic rings. The molecule has 1 aromatic carbocycles. The first-order valence-corrected chi connectivity index (χ1v) is 6.15. The number of nitrogens with zero attached hydrogens (tertiary/aromatic N) is 3. The second-order valence-electron chi connectivity index (χ2n) is 3.97. The lowest BCUT2D eigenvalue weighted by molar-refractivity contribution is -0.384. The van der Waals surface area contributed by atoms with Crippen LogP contribution < -0.4 is 0 Å². The summed E-state index contributed by atoms with van der Waals surface area (Å²) in [5, 5.41) is 10.7. The van der Waals surface area contributed by atoms with Crippen molar-refractivity contribution in [1.29, 1.82) is 0 Å². The molecule has 0 amide bonds. The number of aromatic nitrogens is 2. The molecule has 0 N–H and O–H groups in total. The van der Waals surface area contributed by atoms with Crippen molar-refractivity contribution in [2.24, 2.45) is 0 Å². The Balaban J connectivity index is 2.10. The largest absolute Gasteiger partial charge is 0.297 e. The molecule has 0 saturated carbocycles. The highest BCUT2D eigenvalue weighted by atomic mass is 32.1. The number of hydrogen-bond donors (Lipinski definition) is 0. The number of thiazole rings is 1. The van der Waals surface area contributed by atoms with Crippen LogP contribution in [0.2, 0.25) is 0 Å². The normalized spacial score (nSPS) is 10.9. The molecule has 3 rings (SSSR count). The molecule has 0 saturated heterocycles. The number of imidazole rings is 1. The third-order valence-corrected chi connectivity index (χ3v) is 3.54. The Bertz CT molecular complexity index is 713. The van der Waals surface area contributed by atoms with Gasteiger partial charge in [-0.05, 0) is 6.92 Å². The van der Waals surface area contributed by atoms with Crippen molar-refractivity contribution in [2.45, 2.75) is 6.92 Å². The molecule has 0 atom stereocenters. The number of nitro benzene ring substituents is 1. The molecular formula is C12H9N3O2S. The number of benzene rings is 1. The molecule has 0 aliphatic heterocycles. The van der Waals surface area contributed by atoms with Gasteiger partial charge in [-0.3, -0.25) is 14.5 Å². The van der Waals surface area contributed by atoms with Crippen molar-refractivity contribution < 1.29 is 4.92 Å². The van der Waals surface area contributed by atoms with E-state index >= 15 is 0 Å². The maximum Gasteiger partial charge on any atom is 0.270 e. The lowest BCUT2D eigenvalue weighted by atomic mass is 10.1. The number of non-ortho nitro benzene ring substituents is 1. The van der Waals surface area contributed by atoms with Gasteiger partial charge >= 0.3 is 0 Å². The summed E-state index contributed by atoms with van der Waals surface area (Å²) in [6, 6.07) is 6.52. The summed E-state index contributed by atoms with van der Waals surface area (Å²) in [6.07, 6.45) is 3.88. The van der Waals surface area contributed by atoms with Crippen LogP contribution in [0.5, 0.6) is 0 Å². The predicted octanol–water partition coefficient (Wildman–Crippen LogP) is 3.28. The Morgan fingerprint density at radius 3 is 2.94 bits per heavy atom. The van der Waals surface area contributed by atoms with Crippen LogP contribution in [0, 0.1) is 17.0 Å². The van der Waals surface area contributed by atoms with Crippen molar-refractivity contribution in [3.05, 3.63) is 51.7 Å². The van der Waals surface area contributed by atoms with Gasteiger partial charge in [0.15, 0.2) is 4.96 Å². The van der Waals surface area contributed by atoms with E-state index in [4.69, 9.17) is 0 Å². The Labute approximate surface area is 106 Å². The van der Waals surface area contributed by atoms with E-state index in [9.17, 15) is 10.1 Å². The molecule has 6 heteroatoms. The van der Waals surface area contributed by atoms with Crippen LogP contribution in [0.3, 0.4) is 0 Å². The van der Waals surface area contributed by atoms with Crippen molar-refractivity contribution >= 4 is 22.0 Å². The Hall–Kier alpha value is -2.21. The van der Waals surface area contributed by atoms with Crippen LogP contribution in [0.25, 0.3) is 16.2 Å². The third-order valence-electron chi connectivity index (χ3n) is 2.62. The molecule has 18 heavy (non-hydrogen) atoms. The smallest absolute Gasteiger partial charge is 0.270 e. The first-order chi connectivity index (χ1) is 8.63. The van der Waals surface area contributed by atoms with Crippen molar-refractivity contribution in [2.75, 3.05) is 0 Å². The van der Waals surface area contributed by atoms with Gasteiger partial charge in [0.2, 0.25) is 0 Å². The van der Waals surface area contributed by atoms with Crippen LogP contribution in [0.1, 0.15) is 4.88 Å². The Morgan fingerprint density at radius 1 is 1.39 bits per heavy atom. The van der Waals surface area contributed by atoms with Crippen LogP contribution in [0.4, 0.5) is 5.69 Å². The summed E-state index contributed by atoms with van der Waals surface area (Å²) in [4.78, 5) is 16.9. The lowest BCUT2D eigenvalue weighted by Gasteiger charge is -1.96. The number of rotatable bonds is 2. The maximum absolute atomic E-state index is 10.7. The second kappa shape index (κ2) is 3.92. The van der Waals surface area contributed by atoms with E-state index in [-0.39, 0.29) is 5.69 Å². The molecule has 0 radical (unpaired) electrons. The molecule has 0 spiro atoms. The topological polar surface area (TPSA) is 60.4 Å². The Morgan fingerprint density at radius 2 is 2.22 bits per heavy atom. The van der Waals surface area contributed by atoms with Gasteiger partial charge in [0.25, 0.3) is 5.69 Å². The molecule has 2 aromatic heterocycles.